The lowest BCUT2D eigenvalue weighted by atomic mass is 10.0. The van der Waals surface area contributed by atoms with E-state index in [2.05, 4.69) is 62.8 Å². The largest absolute Gasteiger partial charge is 0.314 e. The van der Waals surface area contributed by atoms with Gasteiger partial charge >= 0.3 is 0 Å². The van der Waals surface area contributed by atoms with Crippen LogP contribution >= 0.6 is 0 Å². The van der Waals surface area contributed by atoms with Crippen molar-refractivity contribution >= 4 is 0 Å². The van der Waals surface area contributed by atoms with Gasteiger partial charge in [-0.05, 0) is 67.5 Å². The molecule has 0 radical (unpaired) electrons. The van der Waals surface area contributed by atoms with E-state index in [0.29, 0.717) is 12.1 Å². The van der Waals surface area contributed by atoms with Gasteiger partial charge in [-0.2, -0.15) is 0 Å². The van der Waals surface area contributed by atoms with E-state index < -0.39 is 0 Å². The fourth-order valence-corrected chi connectivity index (χ4v) is 2.50. The molecule has 1 saturated heterocycles. The average molecular weight is 284 g/mol. The van der Waals surface area contributed by atoms with E-state index in [4.69, 9.17) is 0 Å². The van der Waals surface area contributed by atoms with Crippen LogP contribution in [0.4, 0.5) is 0 Å². The van der Waals surface area contributed by atoms with Crippen molar-refractivity contribution in [1.82, 2.24) is 21.3 Å². The summed E-state index contributed by atoms with van der Waals surface area (Å²) >= 11 is 0. The van der Waals surface area contributed by atoms with E-state index in [1.807, 2.05) is 0 Å². The second kappa shape index (κ2) is 7.74. The van der Waals surface area contributed by atoms with Gasteiger partial charge in [-0.25, -0.2) is 0 Å². The summed E-state index contributed by atoms with van der Waals surface area (Å²) in [4.78, 5) is 0. The van der Waals surface area contributed by atoms with E-state index in [-0.39, 0.29) is 11.1 Å². The number of hydrogen-bond donors (Lipinski definition) is 4. The van der Waals surface area contributed by atoms with Gasteiger partial charge in [0.1, 0.15) is 0 Å². The maximum atomic E-state index is 3.78. The third-order valence-corrected chi connectivity index (χ3v) is 3.55. The van der Waals surface area contributed by atoms with Gasteiger partial charge in [-0.1, -0.05) is 0 Å². The molecule has 0 bridgehead atoms. The summed E-state index contributed by atoms with van der Waals surface area (Å²) in [5, 5.41) is 14.5. The highest BCUT2D eigenvalue weighted by atomic mass is 15.1. The summed E-state index contributed by atoms with van der Waals surface area (Å²) in [7, 11) is 0. The van der Waals surface area contributed by atoms with Crippen molar-refractivity contribution in [2.75, 3.05) is 26.2 Å². The molecule has 1 rings (SSSR count). The van der Waals surface area contributed by atoms with Crippen molar-refractivity contribution in [2.45, 2.75) is 77.5 Å². The van der Waals surface area contributed by atoms with Crippen LogP contribution in [0, 0.1) is 0 Å². The van der Waals surface area contributed by atoms with Gasteiger partial charge in [-0.15, -0.1) is 0 Å². The first-order valence-electron chi connectivity index (χ1n) is 8.12. The minimum Gasteiger partial charge on any atom is -0.314 e. The van der Waals surface area contributed by atoms with Crippen LogP contribution < -0.4 is 21.3 Å². The normalized spacial score (nSPS) is 24.9. The highest BCUT2D eigenvalue weighted by molar-refractivity contribution is 4.85. The van der Waals surface area contributed by atoms with Crippen molar-refractivity contribution in [2.24, 2.45) is 0 Å². The Morgan fingerprint density at radius 1 is 0.800 bits per heavy atom. The maximum absolute atomic E-state index is 3.78. The van der Waals surface area contributed by atoms with Crippen LogP contribution in [0.3, 0.4) is 0 Å². The molecule has 4 heteroatoms. The van der Waals surface area contributed by atoms with Gasteiger partial charge in [0.25, 0.3) is 0 Å². The molecule has 1 aliphatic rings. The number of rotatable bonds is 6. The van der Waals surface area contributed by atoms with Gasteiger partial charge < -0.3 is 21.3 Å². The van der Waals surface area contributed by atoms with E-state index >= 15 is 0 Å². The Hall–Kier alpha value is -0.160. The molecule has 1 heterocycles. The number of hydrogen-bond acceptors (Lipinski definition) is 4. The predicted molar refractivity (Wildman–Crippen MR) is 88.3 cm³/mol. The van der Waals surface area contributed by atoms with Crippen molar-refractivity contribution in [1.29, 1.82) is 0 Å². The Morgan fingerprint density at radius 3 is 1.55 bits per heavy atom. The van der Waals surface area contributed by atoms with Crippen molar-refractivity contribution in [3.05, 3.63) is 0 Å². The second-order valence-corrected chi connectivity index (χ2v) is 8.15. The zero-order valence-electron chi connectivity index (χ0n) is 14.4. The first-order valence-corrected chi connectivity index (χ1v) is 8.12. The lowest BCUT2D eigenvalue weighted by molar-refractivity contribution is 0.292. The molecule has 0 saturated carbocycles. The molecule has 4 nitrogen and oxygen atoms in total. The molecule has 0 spiro atoms. The minimum absolute atomic E-state index is 0.220. The third-order valence-electron chi connectivity index (χ3n) is 3.55. The molecule has 0 aromatic carbocycles. The molecule has 2 atom stereocenters. The molecule has 1 fully saturated rings. The van der Waals surface area contributed by atoms with Gasteiger partial charge in [-0.3, -0.25) is 0 Å². The van der Waals surface area contributed by atoms with Gasteiger partial charge in [0, 0.05) is 36.3 Å². The SMILES string of the molecule is CC(C)(C)NCCC1CNCC(CCNC(C)(C)C)N1. The van der Waals surface area contributed by atoms with Crippen LogP contribution in [-0.2, 0) is 0 Å². The standard InChI is InChI=1S/C16H36N4/c1-15(2,3)18-9-7-13-11-17-12-14(20-13)8-10-19-16(4,5)6/h13-14,17-20H,7-12H2,1-6H3. The highest BCUT2D eigenvalue weighted by Gasteiger charge is 2.21. The predicted octanol–water partition coefficient (Wildman–Crippen LogP) is 1.47. The summed E-state index contributed by atoms with van der Waals surface area (Å²) < 4.78 is 0. The van der Waals surface area contributed by atoms with Crippen LogP contribution in [0.15, 0.2) is 0 Å². The first kappa shape index (κ1) is 17.9. The Labute approximate surface area is 125 Å². The van der Waals surface area contributed by atoms with Gasteiger partial charge in [0.15, 0.2) is 0 Å². The van der Waals surface area contributed by atoms with Crippen LogP contribution in [0.2, 0.25) is 0 Å². The zero-order valence-corrected chi connectivity index (χ0v) is 14.4. The Balaban J connectivity index is 2.18. The minimum atomic E-state index is 0.220. The molecular formula is C16H36N4. The fraction of sp³-hybridized carbons (Fsp3) is 1.00. The molecule has 0 amide bonds. The van der Waals surface area contributed by atoms with Gasteiger partial charge in [0.2, 0.25) is 0 Å². The molecular weight excluding hydrogens is 248 g/mol. The quantitative estimate of drug-likeness (QED) is 0.597. The van der Waals surface area contributed by atoms with Crippen LogP contribution in [-0.4, -0.2) is 49.3 Å². The summed E-state index contributed by atoms with van der Waals surface area (Å²) in [5.74, 6) is 0. The molecule has 1 aliphatic heterocycles. The summed E-state index contributed by atoms with van der Waals surface area (Å²) in [6.07, 6.45) is 2.38. The van der Waals surface area contributed by atoms with E-state index in [1.54, 1.807) is 0 Å². The smallest absolute Gasteiger partial charge is 0.0207 e. The summed E-state index contributed by atoms with van der Waals surface area (Å²) in [6, 6.07) is 1.19. The first-order chi connectivity index (χ1) is 9.16. The molecule has 4 N–H and O–H groups in total. The molecule has 0 aromatic heterocycles. The number of nitrogens with one attached hydrogen (secondary N) is 4. The van der Waals surface area contributed by atoms with Crippen LogP contribution in [0.25, 0.3) is 0 Å². The highest BCUT2D eigenvalue weighted by Crippen LogP contribution is 2.05. The molecule has 0 aromatic rings. The van der Waals surface area contributed by atoms with Gasteiger partial charge in [0.05, 0.1) is 0 Å². The Morgan fingerprint density at radius 2 is 1.20 bits per heavy atom. The molecule has 20 heavy (non-hydrogen) atoms. The van der Waals surface area contributed by atoms with E-state index in [1.165, 1.54) is 12.8 Å². The van der Waals surface area contributed by atoms with Crippen LogP contribution in [0.1, 0.15) is 54.4 Å². The average Bonchev–Trinajstić information content (AvgIpc) is 2.26. The summed E-state index contributed by atoms with van der Waals surface area (Å²) in [5.41, 5.74) is 0.441. The topological polar surface area (TPSA) is 48.1 Å². The number of piperazine rings is 1. The molecule has 0 aliphatic carbocycles. The van der Waals surface area contributed by atoms with E-state index in [9.17, 15) is 0 Å². The lowest BCUT2D eigenvalue weighted by Crippen LogP contribution is -2.56. The fourth-order valence-electron chi connectivity index (χ4n) is 2.50. The van der Waals surface area contributed by atoms with Crippen molar-refractivity contribution in [3.8, 4) is 0 Å². The van der Waals surface area contributed by atoms with Crippen molar-refractivity contribution < 1.29 is 0 Å². The van der Waals surface area contributed by atoms with Crippen LogP contribution in [0.5, 0.6) is 0 Å². The Kier molecular flexibility index (Phi) is 6.92. The second-order valence-electron chi connectivity index (χ2n) is 8.15. The molecule has 2 unspecified atom stereocenters. The van der Waals surface area contributed by atoms with Crippen molar-refractivity contribution in [3.63, 3.8) is 0 Å². The molecule has 120 valence electrons. The maximum Gasteiger partial charge on any atom is 0.0207 e. The summed E-state index contributed by atoms with van der Waals surface area (Å²) in [6.45, 7) is 17.7. The Bertz CT molecular complexity index is 239. The monoisotopic (exact) mass is 284 g/mol. The lowest BCUT2D eigenvalue weighted by Gasteiger charge is -2.33. The zero-order chi connectivity index (χ0) is 15.2. The van der Waals surface area contributed by atoms with E-state index in [0.717, 1.165) is 26.2 Å². The third kappa shape index (κ3) is 8.90.